The lowest BCUT2D eigenvalue weighted by atomic mass is 10.0. The van der Waals surface area contributed by atoms with Crippen LogP contribution in [0.25, 0.3) is 10.2 Å². The third-order valence-electron chi connectivity index (χ3n) is 7.34. The van der Waals surface area contributed by atoms with Crippen LogP contribution in [0.15, 0.2) is 89.7 Å². The van der Waals surface area contributed by atoms with Crippen molar-refractivity contribution >= 4 is 60.0 Å². The van der Waals surface area contributed by atoms with E-state index in [9.17, 15) is 23.1 Å². The molecular formula is C33H36N6O6S3. The van der Waals surface area contributed by atoms with Crippen molar-refractivity contribution in [1.29, 1.82) is 0 Å². The van der Waals surface area contributed by atoms with Crippen LogP contribution in [0.5, 0.6) is 0 Å². The van der Waals surface area contributed by atoms with E-state index in [2.05, 4.69) is 20.3 Å². The molecule has 0 unspecified atom stereocenters. The number of pyridine rings is 1. The van der Waals surface area contributed by atoms with Crippen LogP contribution in [0.3, 0.4) is 0 Å². The standard InChI is InChI=1S/C33H36N6O6S3/c1-22(2)18-39(19-29(40)28(14-23-8-5-4-6-9-23)37-33(42)45-20-25-17-35-21-46-25)48(43,44)26-11-12-27-30(15-26)47-32(36-27)38(3)31(41)24-10-7-13-34-16-24/h4-13,15-17,21-22,28-29,40H,14,18-20H2,1-3H3,(H,37,42)/t28-,29+/m0/s1. The van der Waals surface area contributed by atoms with E-state index in [1.807, 2.05) is 44.2 Å². The van der Waals surface area contributed by atoms with E-state index in [4.69, 9.17) is 4.74 Å². The molecule has 0 bridgehead atoms. The van der Waals surface area contributed by atoms with Gasteiger partial charge in [-0.15, -0.1) is 11.3 Å². The molecule has 2 N–H and O–H groups in total. The summed E-state index contributed by atoms with van der Waals surface area (Å²) in [5.41, 5.74) is 3.43. The number of fused-ring (bicyclic) bond motifs is 1. The first kappa shape index (κ1) is 35.0. The molecule has 15 heteroatoms. The van der Waals surface area contributed by atoms with E-state index in [1.165, 1.54) is 50.2 Å². The summed E-state index contributed by atoms with van der Waals surface area (Å²) in [5.74, 6) is -0.360. The third-order valence-corrected chi connectivity index (χ3v) is 11.0. The monoisotopic (exact) mass is 708 g/mol. The molecule has 2 amide bonds. The number of amides is 2. The van der Waals surface area contributed by atoms with Gasteiger partial charge in [-0.25, -0.2) is 18.2 Å². The number of carbonyl (C=O) groups excluding carboxylic acids is 2. The summed E-state index contributed by atoms with van der Waals surface area (Å²) in [6.45, 7) is 3.65. The zero-order valence-corrected chi connectivity index (χ0v) is 29.0. The number of thiazole rings is 2. The molecule has 2 aromatic carbocycles. The largest absolute Gasteiger partial charge is 0.444 e. The molecule has 0 spiro atoms. The Bertz CT molecular complexity index is 1920. The Morgan fingerprint density at radius 3 is 2.50 bits per heavy atom. The number of aromatic nitrogens is 3. The highest BCUT2D eigenvalue weighted by atomic mass is 32.2. The minimum atomic E-state index is -4.11. The summed E-state index contributed by atoms with van der Waals surface area (Å²) in [7, 11) is -2.51. The van der Waals surface area contributed by atoms with Crippen LogP contribution >= 0.6 is 22.7 Å². The van der Waals surface area contributed by atoms with E-state index in [0.717, 1.165) is 10.4 Å². The number of hydrogen-bond donors (Lipinski definition) is 2. The molecule has 0 saturated carbocycles. The summed E-state index contributed by atoms with van der Waals surface area (Å²) in [5, 5.41) is 14.7. The van der Waals surface area contributed by atoms with E-state index >= 15 is 0 Å². The molecule has 0 aliphatic carbocycles. The quantitative estimate of drug-likeness (QED) is 0.163. The first-order valence-electron chi connectivity index (χ1n) is 15.1. The fourth-order valence-corrected chi connectivity index (χ4v) is 8.12. The van der Waals surface area contributed by atoms with Gasteiger partial charge in [0.1, 0.15) is 6.61 Å². The minimum Gasteiger partial charge on any atom is -0.444 e. The van der Waals surface area contributed by atoms with Gasteiger partial charge in [-0.1, -0.05) is 55.5 Å². The first-order valence-corrected chi connectivity index (χ1v) is 18.3. The molecule has 12 nitrogen and oxygen atoms in total. The van der Waals surface area contributed by atoms with Gasteiger partial charge in [0, 0.05) is 38.7 Å². The molecule has 252 valence electrons. The Hall–Kier alpha value is -4.28. The predicted molar refractivity (Wildman–Crippen MR) is 186 cm³/mol. The minimum absolute atomic E-state index is 0.0215. The lowest BCUT2D eigenvalue weighted by Crippen LogP contribution is -2.51. The van der Waals surface area contributed by atoms with Gasteiger partial charge in [-0.05, 0) is 48.2 Å². The number of benzene rings is 2. The highest BCUT2D eigenvalue weighted by Crippen LogP contribution is 2.32. The molecule has 5 aromatic rings. The van der Waals surface area contributed by atoms with E-state index in [-0.39, 0.29) is 42.8 Å². The molecule has 5 rings (SSSR count). The molecule has 3 heterocycles. The van der Waals surface area contributed by atoms with Crippen LogP contribution in [-0.4, -0.2) is 77.1 Å². The number of aliphatic hydroxyl groups is 1. The van der Waals surface area contributed by atoms with Gasteiger partial charge in [-0.2, -0.15) is 4.31 Å². The molecule has 48 heavy (non-hydrogen) atoms. The lowest BCUT2D eigenvalue weighted by Gasteiger charge is -2.30. The Kier molecular flexibility index (Phi) is 11.5. The fraction of sp³-hybridized carbons (Fsp3) is 0.303. The number of nitrogens with one attached hydrogen (secondary N) is 1. The molecule has 3 aromatic heterocycles. The van der Waals surface area contributed by atoms with Crippen LogP contribution in [0.2, 0.25) is 0 Å². The maximum Gasteiger partial charge on any atom is 0.407 e. The van der Waals surface area contributed by atoms with E-state index < -0.39 is 28.3 Å². The average molecular weight is 709 g/mol. The van der Waals surface area contributed by atoms with Crippen LogP contribution in [0.4, 0.5) is 9.93 Å². The number of sulfonamides is 1. The summed E-state index contributed by atoms with van der Waals surface area (Å²) in [6.07, 6.45) is 2.89. The van der Waals surface area contributed by atoms with Crippen LogP contribution in [0.1, 0.15) is 34.6 Å². The fourth-order valence-electron chi connectivity index (χ4n) is 4.92. The number of anilines is 1. The zero-order valence-electron chi connectivity index (χ0n) is 26.6. The van der Waals surface area contributed by atoms with Crippen molar-refractivity contribution in [2.75, 3.05) is 25.0 Å². The number of rotatable bonds is 14. The predicted octanol–water partition coefficient (Wildman–Crippen LogP) is 4.97. The van der Waals surface area contributed by atoms with Gasteiger partial charge in [-0.3, -0.25) is 19.7 Å². The number of aliphatic hydroxyl groups excluding tert-OH is 1. The van der Waals surface area contributed by atoms with Crippen molar-refractivity contribution in [2.45, 2.75) is 43.9 Å². The number of ether oxygens (including phenoxy) is 1. The molecule has 0 fully saturated rings. The second kappa shape index (κ2) is 15.7. The zero-order chi connectivity index (χ0) is 34.3. The van der Waals surface area contributed by atoms with E-state index in [0.29, 0.717) is 20.9 Å². The molecular weight excluding hydrogens is 673 g/mol. The maximum absolute atomic E-state index is 14.1. The summed E-state index contributed by atoms with van der Waals surface area (Å²) in [6, 6.07) is 16.4. The highest BCUT2D eigenvalue weighted by Gasteiger charge is 2.32. The second-order valence-electron chi connectivity index (χ2n) is 11.5. The topological polar surface area (TPSA) is 155 Å². The molecule has 0 radical (unpaired) electrons. The van der Waals surface area contributed by atoms with Gasteiger partial charge in [0.05, 0.1) is 43.2 Å². The highest BCUT2D eigenvalue weighted by molar-refractivity contribution is 7.89. The van der Waals surface area contributed by atoms with Crippen molar-refractivity contribution in [3.05, 3.63) is 101 Å². The maximum atomic E-state index is 14.1. The van der Waals surface area contributed by atoms with E-state index in [1.54, 1.807) is 43.2 Å². The van der Waals surface area contributed by atoms with Crippen LogP contribution < -0.4 is 10.2 Å². The van der Waals surface area contributed by atoms with Gasteiger partial charge in [0.25, 0.3) is 5.91 Å². The number of carbonyl (C=O) groups is 2. The third kappa shape index (κ3) is 8.79. The summed E-state index contributed by atoms with van der Waals surface area (Å²) in [4.78, 5) is 40.5. The molecule has 0 saturated heterocycles. The van der Waals surface area contributed by atoms with Gasteiger partial charge >= 0.3 is 6.09 Å². The van der Waals surface area contributed by atoms with Crippen molar-refractivity contribution in [3.63, 3.8) is 0 Å². The van der Waals surface area contributed by atoms with Crippen LogP contribution in [0, 0.1) is 5.92 Å². The van der Waals surface area contributed by atoms with Gasteiger partial charge in [0.15, 0.2) is 5.13 Å². The Morgan fingerprint density at radius 1 is 1.02 bits per heavy atom. The number of alkyl carbamates (subject to hydrolysis) is 1. The number of hydrogen-bond acceptors (Lipinski definition) is 11. The van der Waals surface area contributed by atoms with Crippen molar-refractivity contribution < 1.29 is 27.9 Å². The molecule has 0 aliphatic rings. The second-order valence-corrected chi connectivity index (χ2v) is 15.4. The van der Waals surface area contributed by atoms with Crippen molar-refractivity contribution in [2.24, 2.45) is 5.92 Å². The van der Waals surface area contributed by atoms with Crippen molar-refractivity contribution in [3.8, 4) is 0 Å². The molecule has 2 atom stereocenters. The SMILES string of the molecule is CC(C)CN(C[C@@H](O)[C@H](Cc1ccccc1)NC(=O)OCc1cncs1)S(=O)(=O)c1ccc2nc(N(C)C(=O)c3cccnc3)sc2c1. The number of nitrogens with zero attached hydrogens (tertiary/aromatic N) is 5. The molecule has 0 aliphatic heterocycles. The summed E-state index contributed by atoms with van der Waals surface area (Å²) < 4.78 is 35.4. The Balaban J connectivity index is 1.36. The normalized spacial score (nSPS) is 13.0. The first-order chi connectivity index (χ1) is 23.0. The van der Waals surface area contributed by atoms with Gasteiger partial charge in [0.2, 0.25) is 10.0 Å². The lowest BCUT2D eigenvalue weighted by molar-refractivity contribution is 0.0876. The van der Waals surface area contributed by atoms with Crippen molar-refractivity contribution in [1.82, 2.24) is 24.6 Å². The smallest absolute Gasteiger partial charge is 0.407 e. The van der Waals surface area contributed by atoms with Gasteiger partial charge < -0.3 is 15.2 Å². The van der Waals surface area contributed by atoms with Crippen LogP contribution in [-0.2, 0) is 27.8 Å². The average Bonchev–Trinajstić information content (AvgIpc) is 3.77. The Labute approximate surface area is 287 Å². The summed E-state index contributed by atoms with van der Waals surface area (Å²) >= 11 is 2.54. The Morgan fingerprint density at radius 2 is 1.81 bits per heavy atom.